The Morgan fingerprint density at radius 2 is 2.02 bits per heavy atom. The van der Waals surface area contributed by atoms with E-state index in [0.29, 0.717) is 12.2 Å². The van der Waals surface area contributed by atoms with Gasteiger partial charge in [-0.1, -0.05) is 11.6 Å². The first-order valence-corrected chi connectivity index (χ1v) is 12.7. The summed E-state index contributed by atoms with van der Waals surface area (Å²) in [6.45, 7) is 4.44. The Kier molecular flexibility index (Phi) is 9.14. The fraction of sp³-hybridized carbons (Fsp3) is 0.231. The summed E-state index contributed by atoms with van der Waals surface area (Å²) in [6.07, 6.45) is 4.87. The van der Waals surface area contributed by atoms with Gasteiger partial charge in [-0.05, 0) is 60.7 Å². The van der Waals surface area contributed by atoms with Gasteiger partial charge in [0.15, 0.2) is 5.82 Å². The van der Waals surface area contributed by atoms with Crippen LogP contribution in [0.5, 0.6) is 0 Å². The van der Waals surface area contributed by atoms with Gasteiger partial charge >= 0.3 is 5.97 Å². The van der Waals surface area contributed by atoms with E-state index in [9.17, 15) is 18.8 Å². The highest BCUT2D eigenvalue weighted by Gasteiger charge is 2.23. The number of aryl methyl sites for hydroxylation is 2. The maximum Gasteiger partial charge on any atom is 0.339 e. The number of rotatable bonds is 10. The fourth-order valence-corrected chi connectivity index (χ4v) is 4.07. The molecule has 0 saturated heterocycles. The molecule has 1 aromatic carbocycles. The van der Waals surface area contributed by atoms with Crippen molar-refractivity contribution in [2.24, 2.45) is 0 Å². The molecule has 0 bridgehead atoms. The summed E-state index contributed by atoms with van der Waals surface area (Å²) in [6, 6.07) is 6.45. The Hall–Kier alpha value is -4.98. The van der Waals surface area contributed by atoms with E-state index in [2.05, 4.69) is 41.0 Å². The highest BCUT2D eigenvalue weighted by Crippen LogP contribution is 2.25. The maximum atomic E-state index is 14.9. The van der Waals surface area contributed by atoms with Gasteiger partial charge < -0.3 is 15.4 Å². The van der Waals surface area contributed by atoms with Crippen LogP contribution in [-0.4, -0.2) is 65.9 Å². The minimum absolute atomic E-state index is 0.0341. The first-order chi connectivity index (χ1) is 19.7. The summed E-state index contributed by atoms with van der Waals surface area (Å²) in [5.74, 6) is -2.47. The van der Waals surface area contributed by atoms with Crippen molar-refractivity contribution in [2.75, 3.05) is 12.4 Å². The lowest BCUT2D eigenvalue weighted by atomic mass is 10.1. The third-order valence-electron chi connectivity index (χ3n) is 5.92. The third kappa shape index (κ3) is 6.97. The van der Waals surface area contributed by atoms with Crippen molar-refractivity contribution in [1.29, 1.82) is 0 Å². The zero-order chi connectivity index (χ0) is 29.5. The van der Waals surface area contributed by atoms with Crippen LogP contribution in [0.4, 0.5) is 10.2 Å². The lowest BCUT2D eigenvalue weighted by molar-refractivity contribution is -0.123. The van der Waals surface area contributed by atoms with Gasteiger partial charge in [0.25, 0.3) is 0 Å². The highest BCUT2D eigenvalue weighted by molar-refractivity contribution is 6.31. The summed E-state index contributed by atoms with van der Waals surface area (Å²) < 4.78 is 22.5. The van der Waals surface area contributed by atoms with E-state index in [1.807, 2.05) is 19.9 Å². The number of carbonyl (C=O) groups excluding carboxylic acids is 3. The van der Waals surface area contributed by atoms with Crippen LogP contribution in [0.1, 0.15) is 34.2 Å². The van der Waals surface area contributed by atoms with Crippen molar-refractivity contribution in [3.63, 3.8) is 0 Å². The molecule has 0 spiro atoms. The predicted octanol–water partition coefficient (Wildman–Crippen LogP) is 2.54. The summed E-state index contributed by atoms with van der Waals surface area (Å²) in [5, 5.41) is 20.4. The number of halogens is 2. The quantitative estimate of drug-likeness (QED) is 0.212. The molecule has 2 amide bonds. The van der Waals surface area contributed by atoms with Crippen LogP contribution in [0.2, 0.25) is 5.02 Å². The summed E-state index contributed by atoms with van der Waals surface area (Å²) in [5.41, 5.74) is 1.88. The molecule has 13 nitrogen and oxygen atoms in total. The summed E-state index contributed by atoms with van der Waals surface area (Å²) in [4.78, 5) is 42.0. The minimum Gasteiger partial charge on any atom is -0.465 e. The Balaban J connectivity index is 1.56. The van der Waals surface area contributed by atoms with Crippen LogP contribution >= 0.6 is 11.6 Å². The SMILES string of the molecule is CCn1nc(C[C@H](NC(=O)/C=C/c2c(-n3cnnn3)ccc(Cl)c2F)C(=O)Nc2ccc(C(=O)OC)cn2)cc1C. The van der Waals surface area contributed by atoms with Crippen molar-refractivity contribution < 1.29 is 23.5 Å². The van der Waals surface area contributed by atoms with Crippen LogP contribution in [-0.2, 0) is 27.3 Å². The van der Waals surface area contributed by atoms with E-state index in [0.717, 1.165) is 11.8 Å². The maximum absolute atomic E-state index is 14.9. The van der Waals surface area contributed by atoms with Crippen LogP contribution < -0.4 is 10.6 Å². The van der Waals surface area contributed by atoms with E-state index in [1.165, 1.54) is 54.7 Å². The van der Waals surface area contributed by atoms with Gasteiger partial charge in [0.05, 0.1) is 29.1 Å². The molecule has 0 aliphatic rings. The molecule has 0 unspecified atom stereocenters. The number of aromatic nitrogens is 7. The number of amides is 2. The lowest BCUT2D eigenvalue weighted by Crippen LogP contribution is -2.45. The number of pyridine rings is 1. The van der Waals surface area contributed by atoms with Crippen molar-refractivity contribution in [3.05, 3.63) is 82.3 Å². The number of ether oxygens (including phenoxy) is 1. The molecule has 41 heavy (non-hydrogen) atoms. The molecule has 15 heteroatoms. The van der Waals surface area contributed by atoms with Gasteiger partial charge in [0.1, 0.15) is 18.2 Å². The monoisotopic (exact) mass is 581 g/mol. The number of benzene rings is 1. The van der Waals surface area contributed by atoms with Crippen molar-refractivity contribution in [3.8, 4) is 5.69 Å². The van der Waals surface area contributed by atoms with Gasteiger partial charge in [0, 0.05) is 36.5 Å². The van der Waals surface area contributed by atoms with E-state index in [1.54, 1.807) is 4.68 Å². The van der Waals surface area contributed by atoms with Crippen molar-refractivity contribution in [1.82, 2.24) is 40.3 Å². The minimum atomic E-state index is -1.09. The number of nitrogens with one attached hydrogen (secondary N) is 2. The molecular weight excluding hydrogens is 557 g/mol. The summed E-state index contributed by atoms with van der Waals surface area (Å²) in [7, 11) is 1.24. The largest absolute Gasteiger partial charge is 0.465 e. The molecule has 4 aromatic rings. The number of hydrogen-bond acceptors (Lipinski definition) is 9. The molecule has 3 aromatic heterocycles. The zero-order valence-corrected chi connectivity index (χ0v) is 23.0. The molecule has 4 rings (SSSR count). The number of hydrogen-bond donors (Lipinski definition) is 2. The number of esters is 1. The van der Waals surface area contributed by atoms with Gasteiger partial charge in [-0.15, -0.1) is 5.10 Å². The van der Waals surface area contributed by atoms with E-state index in [-0.39, 0.29) is 34.1 Å². The number of tetrazole rings is 1. The molecule has 0 radical (unpaired) electrons. The zero-order valence-electron chi connectivity index (χ0n) is 22.2. The number of methoxy groups -OCH3 is 1. The lowest BCUT2D eigenvalue weighted by Gasteiger charge is -2.17. The molecule has 2 N–H and O–H groups in total. The molecule has 212 valence electrons. The topological polar surface area (TPSA) is 159 Å². The number of anilines is 1. The Morgan fingerprint density at radius 1 is 1.22 bits per heavy atom. The predicted molar refractivity (Wildman–Crippen MR) is 146 cm³/mol. The van der Waals surface area contributed by atoms with Crippen molar-refractivity contribution >= 4 is 41.3 Å². The molecule has 0 saturated carbocycles. The normalized spacial score (nSPS) is 11.8. The third-order valence-corrected chi connectivity index (χ3v) is 6.21. The molecular formula is C26H25ClFN9O4. The van der Waals surface area contributed by atoms with E-state index in [4.69, 9.17) is 11.6 Å². The Labute approximate surface area is 238 Å². The second kappa shape index (κ2) is 12.9. The molecule has 3 heterocycles. The Morgan fingerprint density at radius 3 is 2.66 bits per heavy atom. The molecule has 0 aliphatic heterocycles. The average molecular weight is 582 g/mol. The fourth-order valence-electron chi connectivity index (χ4n) is 3.90. The second-order valence-electron chi connectivity index (χ2n) is 8.65. The Bertz CT molecular complexity index is 1590. The van der Waals surface area contributed by atoms with Crippen LogP contribution in [0.3, 0.4) is 0 Å². The molecule has 0 aliphatic carbocycles. The van der Waals surface area contributed by atoms with Crippen LogP contribution in [0.15, 0.2) is 48.9 Å². The van der Waals surface area contributed by atoms with Crippen LogP contribution in [0.25, 0.3) is 11.8 Å². The first kappa shape index (κ1) is 29.0. The number of nitrogens with zero attached hydrogens (tertiary/aromatic N) is 7. The van der Waals surface area contributed by atoms with E-state index >= 15 is 0 Å². The van der Waals surface area contributed by atoms with Gasteiger partial charge in [-0.2, -0.15) is 9.78 Å². The molecule has 0 fully saturated rings. The van der Waals surface area contributed by atoms with Crippen molar-refractivity contribution in [2.45, 2.75) is 32.9 Å². The van der Waals surface area contributed by atoms with E-state index < -0.39 is 29.6 Å². The van der Waals surface area contributed by atoms with Gasteiger partial charge in [0.2, 0.25) is 11.8 Å². The first-order valence-electron chi connectivity index (χ1n) is 12.3. The van der Waals surface area contributed by atoms with Gasteiger partial charge in [-0.25, -0.2) is 14.2 Å². The average Bonchev–Trinajstić information content (AvgIpc) is 3.63. The standard InChI is InChI=1S/C26H25ClFN9O4/c1-4-36-15(2)11-17(33-36)12-20(25(39)32-22-9-5-16(13-29-22)26(40)41-3)31-23(38)10-6-18-21(37-14-30-34-35-37)8-7-19(27)24(18)28/h5-11,13-14,20H,4,12H2,1-3H3,(H,31,38)(H,29,32,39)/b10-6+/t20-/m0/s1. The second-order valence-corrected chi connectivity index (χ2v) is 9.06. The van der Waals surface area contributed by atoms with Gasteiger partial charge in [-0.3, -0.25) is 14.3 Å². The highest BCUT2D eigenvalue weighted by atomic mass is 35.5. The van der Waals surface area contributed by atoms with Crippen LogP contribution in [0, 0.1) is 12.7 Å². The molecule has 1 atom stereocenters. The number of carbonyl (C=O) groups is 3. The smallest absolute Gasteiger partial charge is 0.339 e. The summed E-state index contributed by atoms with van der Waals surface area (Å²) >= 11 is 5.95.